The molecule has 1 aromatic rings. The molecule has 2 nitrogen and oxygen atoms in total. The molecule has 0 saturated carbocycles. The molecule has 0 amide bonds. The van der Waals surface area contributed by atoms with Gasteiger partial charge < -0.3 is 10.1 Å². The molecule has 0 atom stereocenters. The summed E-state index contributed by atoms with van der Waals surface area (Å²) in [5, 5.41) is 3.55. The van der Waals surface area contributed by atoms with Crippen molar-refractivity contribution in [2.45, 2.75) is 78.2 Å². The topological polar surface area (TPSA) is 21.3 Å². The van der Waals surface area contributed by atoms with Crippen molar-refractivity contribution in [2.24, 2.45) is 0 Å². The van der Waals surface area contributed by atoms with Gasteiger partial charge in [0, 0.05) is 12.1 Å². The normalized spacial score (nSPS) is 10.8. The van der Waals surface area contributed by atoms with Gasteiger partial charge in [0.15, 0.2) is 0 Å². The van der Waals surface area contributed by atoms with Crippen molar-refractivity contribution in [3.05, 3.63) is 29.8 Å². The molecule has 0 spiro atoms. The van der Waals surface area contributed by atoms with Crippen molar-refractivity contribution < 1.29 is 4.74 Å². The zero-order valence-corrected chi connectivity index (χ0v) is 14.7. The zero-order chi connectivity index (χ0) is 15.9. The highest BCUT2D eigenvalue weighted by Gasteiger charge is 2.02. The Bertz CT molecular complexity index is 364. The summed E-state index contributed by atoms with van der Waals surface area (Å²) >= 11 is 0. The van der Waals surface area contributed by atoms with Gasteiger partial charge in [0.1, 0.15) is 5.75 Å². The van der Waals surface area contributed by atoms with E-state index in [1.807, 2.05) is 0 Å². The number of hydrogen-bond acceptors (Lipinski definition) is 2. The summed E-state index contributed by atoms with van der Waals surface area (Å²) in [5.41, 5.74) is 1.28. The molecule has 0 bridgehead atoms. The second-order valence-electron chi connectivity index (χ2n) is 6.11. The first-order valence-corrected chi connectivity index (χ1v) is 9.30. The SMILES string of the molecule is CCCCCCCNCc1ccccc1OCCCCCC. The second-order valence-corrected chi connectivity index (χ2v) is 6.11. The van der Waals surface area contributed by atoms with Gasteiger partial charge in [-0.1, -0.05) is 77.0 Å². The number of rotatable bonds is 14. The largest absolute Gasteiger partial charge is 0.493 e. The number of hydrogen-bond donors (Lipinski definition) is 1. The quantitative estimate of drug-likeness (QED) is 0.445. The standard InChI is InChI=1S/C20H35NO/c1-3-5-7-9-12-16-21-18-19-14-10-11-15-20(19)22-17-13-8-6-4-2/h10-11,14-15,21H,3-9,12-13,16-18H2,1-2H3. The average molecular weight is 306 g/mol. The van der Waals surface area contributed by atoms with Crippen LogP contribution in [0.3, 0.4) is 0 Å². The number of ether oxygens (including phenoxy) is 1. The predicted molar refractivity (Wildman–Crippen MR) is 96.5 cm³/mol. The van der Waals surface area contributed by atoms with Crippen LogP contribution in [-0.2, 0) is 6.54 Å². The van der Waals surface area contributed by atoms with E-state index in [9.17, 15) is 0 Å². The number of benzene rings is 1. The molecule has 0 fully saturated rings. The van der Waals surface area contributed by atoms with E-state index < -0.39 is 0 Å². The third-order valence-corrected chi connectivity index (χ3v) is 4.00. The minimum absolute atomic E-state index is 0.841. The highest BCUT2D eigenvalue weighted by molar-refractivity contribution is 5.33. The van der Waals surface area contributed by atoms with Crippen molar-refractivity contribution in [3.63, 3.8) is 0 Å². The Morgan fingerprint density at radius 1 is 0.818 bits per heavy atom. The van der Waals surface area contributed by atoms with Gasteiger partial charge in [0.25, 0.3) is 0 Å². The van der Waals surface area contributed by atoms with Crippen LogP contribution >= 0.6 is 0 Å². The van der Waals surface area contributed by atoms with E-state index in [0.717, 1.165) is 31.9 Å². The van der Waals surface area contributed by atoms with E-state index in [1.54, 1.807) is 0 Å². The fourth-order valence-corrected chi connectivity index (χ4v) is 2.58. The molecule has 1 aromatic carbocycles. The van der Waals surface area contributed by atoms with Crippen LogP contribution in [0.5, 0.6) is 5.75 Å². The molecule has 0 radical (unpaired) electrons. The third-order valence-electron chi connectivity index (χ3n) is 4.00. The minimum atomic E-state index is 0.841. The van der Waals surface area contributed by atoms with Crippen molar-refractivity contribution in [3.8, 4) is 5.75 Å². The van der Waals surface area contributed by atoms with Crippen molar-refractivity contribution in [2.75, 3.05) is 13.2 Å². The summed E-state index contributed by atoms with van der Waals surface area (Å²) in [6, 6.07) is 8.43. The van der Waals surface area contributed by atoms with E-state index in [-0.39, 0.29) is 0 Å². The summed E-state index contributed by atoms with van der Waals surface area (Å²) in [6.07, 6.45) is 11.7. The Morgan fingerprint density at radius 3 is 2.27 bits per heavy atom. The van der Waals surface area contributed by atoms with Crippen LogP contribution in [0.1, 0.15) is 77.2 Å². The molecule has 22 heavy (non-hydrogen) atoms. The zero-order valence-electron chi connectivity index (χ0n) is 14.7. The summed E-state index contributed by atoms with van der Waals surface area (Å²) in [4.78, 5) is 0. The predicted octanol–water partition coefficient (Wildman–Crippen LogP) is 5.71. The van der Waals surface area contributed by atoms with Gasteiger partial charge >= 0.3 is 0 Å². The van der Waals surface area contributed by atoms with Crippen LogP contribution in [-0.4, -0.2) is 13.2 Å². The molecular weight excluding hydrogens is 270 g/mol. The van der Waals surface area contributed by atoms with E-state index in [4.69, 9.17) is 4.74 Å². The molecule has 2 heteroatoms. The van der Waals surface area contributed by atoms with E-state index >= 15 is 0 Å². The van der Waals surface area contributed by atoms with Crippen LogP contribution in [0.4, 0.5) is 0 Å². The lowest BCUT2D eigenvalue weighted by Gasteiger charge is -2.12. The lowest BCUT2D eigenvalue weighted by atomic mass is 10.1. The maximum atomic E-state index is 5.95. The Labute approximate surface area is 137 Å². The van der Waals surface area contributed by atoms with Crippen LogP contribution < -0.4 is 10.1 Å². The van der Waals surface area contributed by atoms with Crippen molar-refractivity contribution in [1.82, 2.24) is 5.32 Å². The molecule has 0 aliphatic carbocycles. The fraction of sp³-hybridized carbons (Fsp3) is 0.700. The first-order chi connectivity index (χ1) is 10.9. The average Bonchev–Trinajstić information content (AvgIpc) is 2.55. The van der Waals surface area contributed by atoms with Crippen LogP contribution in [0.25, 0.3) is 0 Å². The molecule has 0 heterocycles. The Kier molecular flexibility index (Phi) is 11.8. The van der Waals surface area contributed by atoms with Crippen molar-refractivity contribution in [1.29, 1.82) is 0 Å². The highest BCUT2D eigenvalue weighted by Crippen LogP contribution is 2.18. The highest BCUT2D eigenvalue weighted by atomic mass is 16.5. The van der Waals surface area contributed by atoms with Crippen LogP contribution in [0.2, 0.25) is 0 Å². The minimum Gasteiger partial charge on any atom is -0.493 e. The fourth-order valence-electron chi connectivity index (χ4n) is 2.58. The maximum Gasteiger partial charge on any atom is 0.123 e. The first kappa shape index (κ1) is 19.0. The van der Waals surface area contributed by atoms with Gasteiger partial charge in [-0.05, 0) is 25.5 Å². The van der Waals surface area contributed by atoms with Crippen LogP contribution in [0.15, 0.2) is 24.3 Å². The van der Waals surface area contributed by atoms with E-state index in [2.05, 4.69) is 43.4 Å². The Balaban J connectivity index is 2.19. The molecule has 0 aliphatic rings. The first-order valence-electron chi connectivity index (χ1n) is 9.30. The van der Waals surface area contributed by atoms with E-state index in [0.29, 0.717) is 0 Å². The lowest BCUT2D eigenvalue weighted by Crippen LogP contribution is -2.15. The lowest BCUT2D eigenvalue weighted by molar-refractivity contribution is 0.301. The summed E-state index contributed by atoms with van der Waals surface area (Å²) in [7, 11) is 0. The molecule has 0 saturated heterocycles. The van der Waals surface area contributed by atoms with Gasteiger partial charge in [-0.3, -0.25) is 0 Å². The second kappa shape index (κ2) is 13.6. The summed E-state index contributed by atoms with van der Waals surface area (Å²) in [5.74, 6) is 1.05. The third kappa shape index (κ3) is 9.09. The van der Waals surface area contributed by atoms with Crippen LogP contribution in [0, 0.1) is 0 Å². The molecule has 0 aromatic heterocycles. The molecule has 1 N–H and O–H groups in total. The summed E-state index contributed by atoms with van der Waals surface area (Å²) < 4.78 is 5.95. The Hall–Kier alpha value is -1.02. The Morgan fingerprint density at radius 2 is 1.50 bits per heavy atom. The molecule has 126 valence electrons. The van der Waals surface area contributed by atoms with Gasteiger partial charge in [-0.15, -0.1) is 0 Å². The molecule has 0 aliphatic heterocycles. The van der Waals surface area contributed by atoms with Gasteiger partial charge in [-0.2, -0.15) is 0 Å². The number of unbranched alkanes of at least 4 members (excludes halogenated alkanes) is 7. The number of nitrogens with one attached hydrogen (secondary N) is 1. The monoisotopic (exact) mass is 305 g/mol. The summed E-state index contributed by atoms with van der Waals surface area (Å²) in [6.45, 7) is 7.36. The van der Waals surface area contributed by atoms with Crippen molar-refractivity contribution >= 4 is 0 Å². The smallest absolute Gasteiger partial charge is 0.123 e. The van der Waals surface area contributed by atoms with E-state index in [1.165, 1.54) is 56.9 Å². The molecule has 1 rings (SSSR count). The molecule has 0 unspecified atom stereocenters. The molecular formula is C20H35NO. The van der Waals surface area contributed by atoms with Gasteiger partial charge in [-0.25, -0.2) is 0 Å². The maximum absolute atomic E-state index is 5.95. The van der Waals surface area contributed by atoms with Gasteiger partial charge in [0.05, 0.1) is 6.61 Å². The number of para-hydroxylation sites is 1. The van der Waals surface area contributed by atoms with Gasteiger partial charge in [0.2, 0.25) is 0 Å².